The van der Waals surface area contributed by atoms with Gasteiger partial charge in [-0.2, -0.15) is 9.71 Å². The zero-order valence-electron chi connectivity index (χ0n) is 18.2. The van der Waals surface area contributed by atoms with E-state index in [4.69, 9.17) is 9.97 Å². The highest BCUT2D eigenvalue weighted by atomic mass is 32.2. The maximum Gasteiger partial charge on any atom is 0.227 e. The van der Waals surface area contributed by atoms with Crippen molar-refractivity contribution in [3.8, 4) is 0 Å². The molecular weight excluding hydrogens is 428 g/mol. The lowest BCUT2D eigenvalue weighted by Gasteiger charge is -2.33. The van der Waals surface area contributed by atoms with Crippen LogP contribution >= 0.6 is 0 Å². The average Bonchev–Trinajstić information content (AvgIpc) is 3.18. The second-order valence-electron chi connectivity index (χ2n) is 8.85. The number of amides is 1. The largest absolute Gasteiger partial charge is 0.619 e. The third-order valence-corrected chi connectivity index (χ3v) is 8.18. The molecule has 5 heterocycles. The quantitative estimate of drug-likeness (QED) is 0.544. The number of fused-ring (bicyclic) bond motifs is 1. The summed E-state index contributed by atoms with van der Waals surface area (Å²) in [7, 11) is 0.728. The van der Waals surface area contributed by atoms with Crippen molar-refractivity contribution >= 4 is 28.5 Å². The Balaban J connectivity index is 1.34. The highest BCUT2D eigenvalue weighted by Gasteiger charge is 2.31. The number of pyridine rings is 1. The van der Waals surface area contributed by atoms with Crippen molar-refractivity contribution in [3.05, 3.63) is 41.0 Å². The maximum atomic E-state index is 12.6. The Morgan fingerprint density at radius 3 is 2.62 bits per heavy atom. The first-order valence-corrected chi connectivity index (χ1v) is 12.5. The molecule has 3 aliphatic rings. The molecule has 2 atom stereocenters. The summed E-state index contributed by atoms with van der Waals surface area (Å²) in [4.78, 5) is 26.1. The second kappa shape index (κ2) is 8.65. The average molecular weight is 457 g/mol. The Hall–Kier alpha value is -2.75. The molecular formula is C22H28N6O3S. The lowest BCUT2D eigenvalue weighted by molar-refractivity contribution is -0.605. The lowest BCUT2D eigenvalue weighted by Crippen LogP contribution is -2.43. The van der Waals surface area contributed by atoms with E-state index in [1.807, 2.05) is 19.2 Å². The molecule has 2 aromatic heterocycles. The summed E-state index contributed by atoms with van der Waals surface area (Å²) in [6.45, 7) is 2.28. The number of likely N-dealkylation sites (tertiary alicyclic amines) is 1. The van der Waals surface area contributed by atoms with Crippen molar-refractivity contribution in [3.63, 3.8) is 0 Å². The summed E-state index contributed by atoms with van der Waals surface area (Å²) in [5.74, 6) is 2.52. The molecule has 32 heavy (non-hydrogen) atoms. The van der Waals surface area contributed by atoms with Gasteiger partial charge in [-0.05, 0) is 30.7 Å². The summed E-state index contributed by atoms with van der Waals surface area (Å²) in [6, 6.07) is 3.90. The molecule has 1 amide bonds. The third kappa shape index (κ3) is 4.15. The van der Waals surface area contributed by atoms with Gasteiger partial charge in [-0.25, -0.2) is 4.98 Å². The summed E-state index contributed by atoms with van der Waals surface area (Å²) in [5.41, 5.74) is 2.07. The van der Waals surface area contributed by atoms with Crippen LogP contribution < -0.4 is 14.9 Å². The fourth-order valence-electron chi connectivity index (χ4n) is 4.86. The Bertz CT molecular complexity index is 1040. The Kier molecular flexibility index (Phi) is 5.71. The van der Waals surface area contributed by atoms with Crippen LogP contribution in [0.1, 0.15) is 42.9 Å². The standard InChI is InChI=1S/C22H28N6O3S/c1-26-14-17(2-3-19(26)29)23-21-20-18(8-13-32(20)31)24-22(25-21)27-9-4-15(5-10-27)16-6-11-28(30)12-7-16/h6-7,11-12,15,17H,2-5,8-10,13-14H2,1H3,(H,23,24,25)/t17-,32?/m0/s1. The van der Waals surface area contributed by atoms with Gasteiger partial charge in [0.05, 0.1) is 16.5 Å². The maximum absolute atomic E-state index is 12.6. The molecule has 170 valence electrons. The molecule has 1 N–H and O–H groups in total. The molecule has 0 bridgehead atoms. The predicted molar refractivity (Wildman–Crippen MR) is 121 cm³/mol. The van der Waals surface area contributed by atoms with E-state index in [1.54, 1.807) is 17.3 Å². The molecule has 2 fully saturated rings. The SMILES string of the molecule is CN1C[C@@H](Nc2nc(N3CCC(c4cc[n+]([O-])cc4)CC3)nc3c2S(=O)CC3)CCC1=O. The lowest BCUT2D eigenvalue weighted by atomic mass is 9.90. The third-order valence-electron chi connectivity index (χ3n) is 6.72. The van der Waals surface area contributed by atoms with Gasteiger partial charge in [0.15, 0.2) is 12.4 Å². The summed E-state index contributed by atoms with van der Waals surface area (Å²) < 4.78 is 13.5. The van der Waals surface area contributed by atoms with Gasteiger partial charge in [0.2, 0.25) is 11.9 Å². The van der Waals surface area contributed by atoms with Gasteiger partial charge < -0.3 is 20.3 Å². The fraction of sp³-hybridized carbons (Fsp3) is 0.545. The van der Waals surface area contributed by atoms with E-state index in [0.29, 0.717) is 42.8 Å². The van der Waals surface area contributed by atoms with Crippen molar-refractivity contribution in [2.24, 2.45) is 0 Å². The van der Waals surface area contributed by atoms with E-state index in [9.17, 15) is 14.2 Å². The Morgan fingerprint density at radius 2 is 1.91 bits per heavy atom. The van der Waals surface area contributed by atoms with Crippen LogP contribution in [-0.4, -0.2) is 63.5 Å². The summed E-state index contributed by atoms with van der Waals surface area (Å²) >= 11 is 0. The molecule has 2 aromatic rings. The molecule has 0 aliphatic carbocycles. The number of rotatable bonds is 4. The summed E-state index contributed by atoms with van der Waals surface area (Å²) in [6.07, 6.45) is 7.00. The normalized spacial score (nSPS) is 24.0. The van der Waals surface area contributed by atoms with Crippen molar-refractivity contribution in [2.45, 2.75) is 49.0 Å². The number of aryl methyl sites for hydroxylation is 1. The molecule has 0 aromatic carbocycles. The monoisotopic (exact) mass is 456 g/mol. The van der Waals surface area contributed by atoms with Crippen LogP contribution in [0.2, 0.25) is 0 Å². The number of nitrogens with one attached hydrogen (secondary N) is 1. The molecule has 3 aliphatic heterocycles. The van der Waals surface area contributed by atoms with Gasteiger partial charge in [0.25, 0.3) is 0 Å². The van der Waals surface area contributed by atoms with Crippen LogP contribution in [0.15, 0.2) is 29.4 Å². The number of likely N-dealkylation sites (N-methyl/N-ethyl adjacent to an activating group) is 1. The van der Waals surface area contributed by atoms with Crippen LogP contribution in [0.5, 0.6) is 0 Å². The van der Waals surface area contributed by atoms with Crippen molar-refractivity contribution in [1.82, 2.24) is 14.9 Å². The first-order valence-electron chi connectivity index (χ1n) is 11.2. The zero-order valence-corrected chi connectivity index (χ0v) is 19.0. The van der Waals surface area contributed by atoms with E-state index in [-0.39, 0.29) is 11.9 Å². The topological polar surface area (TPSA) is 105 Å². The molecule has 0 radical (unpaired) electrons. The number of anilines is 2. The second-order valence-corrected chi connectivity index (χ2v) is 10.4. The number of nitrogens with zero attached hydrogens (tertiary/aromatic N) is 5. The van der Waals surface area contributed by atoms with Gasteiger partial charge in [0.1, 0.15) is 10.7 Å². The number of hydrogen-bond donors (Lipinski definition) is 1. The van der Waals surface area contributed by atoms with E-state index in [0.717, 1.165) is 47.7 Å². The molecule has 9 nitrogen and oxygen atoms in total. The number of hydrogen-bond acceptors (Lipinski definition) is 7. The molecule has 2 saturated heterocycles. The van der Waals surface area contributed by atoms with E-state index in [2.05, 4.69) is 10.2 Å². The van der Waals surface area contributed by atoms with Crippen LogP contribution in [0.25, 0.3) is 0 Å². The van der Waals surface area contributed by atoms with Crippen LogP contribution in [0, 0.1) is 5.21 Å². The van der Waals surface area contributed by atoms with Gasteiger partial charge in [-0.1, -0.05) is 0 Å². The first kappa shape index (κ1) is 21.1. The molecule has 10 heteroatoms. The minimum absolute atomic E-state index is 0.0924. The Labute approximate surface area is 189 Å². The van der Waals surface area contributed by atoms with Crippen molar-refractivity contribution in [2.75, 3.05) is 42.7 Å². The molecule has 0 spiro atoms. The highest BCUT2D eigenvalue weighted by Crippen LogP contribution is 2.33. The fourth-order valence-corrected chi connectivity index (χ4v) is 6.17. The van der Waals surface area contributed by atoms with Gasteiger partial charge in [-0.3, -0.25) is 9.00 Å². The smallest absolute Gasteiger partial charge is 0.227 e. The van der Waals surface area contributed by atoms with Crippen molar-refractivity contribution in [1.29, 1.82) is 0 Å². The van der Waals surface area contributed by atoms with Crippen molar-refractivity contribution < 1.29 is 13.7 Å². The molecule has 1 unspecified atom stereocenters. The van der Waals surface area contributed by atoms with Gasteiger partial charge in [-0.15, -0.1) is 0 Å². The Morgan fingerprint density at radius 1 is 1.16 bits per heavy atom. The van der Waals surface area contributed by atoms with Crippen LogP contribution in [0.3, 0.4) is 0 Å². The molecule has 5 rings (SSSR count). The number of carbonyl (C=O) groups is 1. The number of carbonyl (C=O) groups excluding carboxylic acids is 1. The minimum Gasteiger partial charge on any atom is -0.619 e. The zero-order chi connectivity index (χ0) is 22.2. The molecule has 0 saturated carbocycles. The number of piperidine rings is 2. The van der Waals surface area contributed by atoms with E-state index in [1.165, 1.54) is 5.56 Å². The van der Waals surface area contributed by atoms with E-state index >= 15 is 0 Å². The van der Waals surface area contributed by atoms with Crippen LogP contribution in [-0.2, 0) is 22.0 Å². The van der Waals surface area contributed by atoms with E-state index < -0.39 is 10.8 Å². The minimum atomic E-state index is -1.09. The highest BCUT2D eigenvalue weighted by molar-refractivity contribution is 7.85. The predicted octanol–water partition coefficient (Wildman–Crippen LogP) is 1.19. The van der Waals surface area contributed by atoms with Gasteiger partial charge in [0, 0.05) is 63.5 Å². The summed E-state index contributed by atoms with van der Waals surface area (Å²) in [5, 5.41) is 14.8. The number of aromatic nitrogens is 3. The van der Waals surface area contributed by atoms with Gasteiger partial charge >= 0.3 is 0 Å². The first-order chi connectivity index (χ1) is 15.5. The van der Waals surface area contributed by atoms with Crippen LogP contribution in [0.4, 0.5) is 11.8 Å².